The Labute approximate surface area is 137 Å². The second kappa shape index (κ2) is 6.57. The molecule has 4 heteroatoms. The Morgan fingerprint density at radius 3 is 2.83 bits per heavy atom. The smallest absolute Gasteiger partial charge is 0.230 e. The molecule has 0 spiro atoms. The van der Waals surface area contributed by atoms with Gasteiger partial charge < -0.3 is 10.1 Å². The van der Waals surface area contributed by atoms with Gasteiger partial charge in [0.15, 0.2) is 0 Å². The second-order valence-corrected chi connectivity index (χ2v) is 6.58. The molecule has 0 bridgehead atoms. The van der Waals surface area contributed by atoms with Gasteiger partial charge in [-0.25, -0.2) is 0 Å². The SMILES string of the molecule is CCCOc1ccc(NC(=O)C2(C)CCCC2)c2cccnc12. The normalized spacial score (nSPS) is 16.4. The third kappa shape index (κ3) is 3.16. The average Bonchev–Trinajstić information content (AvgIpc) is 3.02. The standard InChI is InChI=1S/C19H24N2O2/c1-3-13-23-16-9-8-15(14-7-6-12-20-17(14)16)21-18(22)19(2)10-4-5-11-19/h6-9,12H,3-5,10-11,13H2,1-2H3,(H,21,22). The summed E-state index contributed by atoms with van der Waals surface area (Å²) in [5, 5.41) is 4.04. The van der Waals surface area contributed by atoms with E-state index in [1.165, 1.54) is 0 Å². The van der Waals surface area contributed by atoms with E-state index in [0.717, 1.165) is 54.4 Å². The van der Waals surface area contributed by atoms with E-state index in [2.05, 4.69) is 24.1 Å². The number of hydrogen-bond acceptors (Lipinski definition) is 3. The van der Waals surface area contributed by atoms with Gasteiger partial charge in [-0.1, -0.05) is 26.7 Å². The van der Waals surface area contributed by atoms with E-state index < -0.39 is 0 Å². The van der Waals surface area contributed by atoms with Gasteiger partial charge in [0.1, 0.15) is 11.3 Å². The van der Waals surface area contributed by atoms with E-state index in [0.29, 0.717) is 6.61 Å². The topological polar surface area (TPSA) is 51.2 Å². The number of aromatic nitrogens is 1. The highest BCUT2D eigenvalue weighted by Gasteiger charge is 2.36. The third-order valence-corrected chi connectivity index (χ3v) is 4.70. The number of anilines is 1. The van der Waals surface area contributed by atoms with E-state index in [9.17, 15) is 4.79 Å². The van der Waals surface area contributed by atoms with Crippen LogP contribution < -0.4 is 10.1 Å². The maximum absolute atomic E-state index is 12.7. The van der Waals surface area contributed by atoms with E-state index >= 15 is 0 Å². The number of ether oxygens (including phenoxy) is 1. The van der Waals surface area contributed by atoms with Crippen LogP contribution in [-0.2, 0) is 4.79 Å². The van der Waals surface area contributed by atoms with Crippen LogP contribution in [0, 0.1) is 5.41 Å². The lowest BCUT2D eigenvalue weighted by Gasteiger charge is -2.23. The molecule has 0 atom stereocenters. The Morgan fingerprint density at radius 2 is 2.09 bits per heavy atom. The number of carbonyl (C=O) groups is 1. The number of fused-ring (bicyclic) bond motifs is 1. The molecule has 0 unspecified atom stereocenters. The zero-order chi connectivity index (χ0) is 16.3. The molecule has 0 aliphatic heterocycles. The summed E-state index contributed by atoms with van der Waals surface area (Å²) in [5.74, 6) is 0.884. The first-order chi connectivity index (χ1) is 11.1. The Balaban J connectivity index is 1.91. The van der Waals surface area contributed by atoms with E-state index in [1.54, 1.807) is 6.20 Å². The Bertz CT molecular complexity index is 706. The molecule has 0 radical (unpaired) electrons. The van der Waals surface area contributed by atoms with Gasteiger partial charge in [0.05, 0.1) is 12.3 Å². The van der Waals surface area contributed by atoms with Crippen LogP contribution in [0.2, 0.25) is 0 Å². The predicted octanol–water partition coefficient (Wildman–Crippen LogP) is 4.54. The molecule has 1 heterocycles. The fraction of sp³-hybridized carbons (Fsp3) is 0.474. The molecule has 4 nitrogen and oxygen atoms in total. The number of nitrogens with one attached hydrogen (secondary N) is 1. The molecule has 1 amide bonds. The lowest BCUT2D eigenvalue weighted by molar-refractivity contribution is -0.124. The van der Waals surface area contributed by atoms with Crippen molar-refractivity contribution in [2.24, 2.45) is 5.41 Å². The molecule has 1 aliphatic rings. The lowest BCUT2D eigenvalue weighted by atomic mass is 9.87. The fourth-order valence-corrected chi connectivity index (χ4v) is 3.24. The summed E-state index contributed by atoms with van der Waals surface area (Å²) in [6.07, 6.45) is 6.90. The number of carbonyl (C=O) groups excluding carboxylic acids is 1. The highest BCUT2D eigenvalue weighted by atomic mass is 16.5. The molecule has 0 saturated heterocycles. The van der Waals surface area contributed by atoms with Crippen LogP contribution in [-0.4, -0.2) is 17.5 Å². The van der Waals surface area contributed by atoms with E-state index in [4.69, 9.17) is 4.74 Å². The number of amides is 1. The van der Waals surface area contributed by atoms with E-state index in [1.807, 2.05) is 24.3 Å². The molecule has 1 saturated carbocycles. The van der Waals surface area contributed by atoms with Crippen molar-refractivity contribution in [2.45, 2.75) is 46.0 Å². The first-order valence-corrected chi connectivity index (χ1v) is 8.46. The van der Waals surface area contributed by atoms with Crippen molar-refractivity contribution in [2.75, 3.05) is 11.9 Å². The molecule has 122 valence electrons. The van der Waals surface area contributed by atoms with Gasteiger partial charge in [-0.05, 0) is 43.5 Å². The summed E-state index contributed by atoms with van der Waals surface area (Å²) in [6.45, 7) is 4.80. The molecule has 23 heavy (non-hydrogen) atoms. The molecule has 2 aromatic rings. The fourth-order valence-electron chi connectivity index (χ4n) is 3.24. The summed E-state index contributed by atoms with van der Waals surface area (Å²) in [4.78, 5) is 17.1. The lowest BCUT2D eigenvalue weighted by Crippen LogP contribution is -2.30. The summed E-state index contributed by atoms with van der Waals surface area (Å²) < 4.78 is 5.77. The first kappa shape index (κ1) is 15.8. The summed E-state index contributed by atoms with van der Waals surface area (Å²) in [5.41, 5.74) is 1.37. The van der Waals surface area contributed by atoms with Crippen LogP contribution in [0.5, 0.6) is 5.75 Å². The number of nitrogens with zero attached hydrogens (tertiary/aromatic N) is 1. The highest BCUT2D eigenvalue weighted by Crippen LogP contribution is 2.39. The largest absolute Gasteiger partial charge is 0.491 e. The maximum atomic E-state index is 12.7. The molecule has 1 N–H and O–H groups in total. The molecule has 1 aliphatic carbocycles. The monoisotopic (exact) mass is 312 g/mol. The van der Waals surface area contributed by atoms with Gasteiger partial charge in [-0.3, -0.25) is 9.78 Å². The van der Waals surface area contributed by atoms with Crippen LogP contribution in [0.25, 0.3) is 10.9 Å². The van der Waals surface area contributed by atoms with E-state index in [-0.39, 0.29) is 11.3 Å². The van der Waals surface area contributed by atoms with Crippen molar-refractivity contribution >= 4 is 22.5 Å². The van der Waals surface area contributed by atoms with Gasteiger partial charge in [0.25, 0.3) is 0 Å². The van der Waals surface area contributed by atoms with Crippen LogP contribution in [0.15, 0.2) is 30.5 Å². The molecule has 1 aromatic heterocycles. The summed E-state index contributed by atoms with van der Waals surface area (Å²) >= 11 is 0. The Hall–Kier alpha value is -2.10. The third-order valence-electron chi connectivity index (χ3n) is 4.70. The highest BCUT2D eigenvalue weighted by molar-refractivity contribution is 6.04. The summed E-state index contributed by atoms with van der Waals surface area (Å²) in [6, 6.07) is 7.69. The average molecular weight is 312 g/mol. The van der Waals surface area contributed by atoms with Crippen LogP contribution >= 0.6 is 0 Å². The number of benzene rings is 1. The Kier molecular flexibility index (Phi) is 4.51. The van der Waals surface area contributed by atoms with Crippen molar-refractivity contribution in [3.63, 3.8) is 0 Å². The van der Waals surface area contributed by atoms with Crippen molar-refractivity contribution in [1.29, 1.82) is 0 Å². The second-order valence-electron chi connectivity index (χ2n) is 6.58. The number of rotatable bonds is 5. The zero-order valence-corrected chi connectivity index (χ0v) is 13.9. The van der Waals surface area contributed by atoms with Crippen molar-refractivity contribution in [1.82, 2.24) is 4.98 Å². The first-order valence-electron chi connectivity index (χ1n) is 8.46. The van der Waals surface area contributed by atoms with Crippen molar-refractivity contribution in [3.05, 3.63) is 30.5 Å². The maximum Gasteiger partial charge on any atom is 0.230 e. The minimum atomic E-state index is -0.244. The minimum absolute atomic E-state index is 0.113. The van der Waals surface area contributed by atoms with Gasteiger partial charge in [-0.15, -0.1) is 0 Å². The Morgan fingerprint density at radius 1 is 1.30 bits per heavy atom. The van der Waals surface area contributed by atoms with Crippen molar-refractivity contribution < 1.29 is 9.53 Å². The number of pyridine rings is 1. The summed E-state index contributed by atoms with van der Waals surface area (Å²) in [7, 11) is 0. The van der Waals surface area contributed by atoms with Gasteiger partial charge in [-0.2, -0.15) is 0 Å². The zero-order valence-electron chi connectivity index (χ0n) is 13.9. The molecule has 1 fully saturated rings. The molecule has 1 aromatic carbocycles. The van der Waals surface area contributed by atoms with Gasteiger partial charge in [0, 0.05) is 17.0 Å². The minimum Gasteiger partial charge on any atom is -0.491 e. The quantitative estimate of drug-likeness (QED) is 0.881. The van der Waals surface area contributed by atoms with Crippen LogP contribution in [0.3, 0.4) is 0 Å². The van der Waals surface area contributed by atoms with Gasteiger partial charge >= 0.3 is 0 Å². The molecular formula is C19H24N2O2. The van der Waals surface area contributed by atoms with Crippen LogP contribution in [0.1, 0.15) is 46.0 Å². The number of hydrogen-bond donors (Lipinski definition) is 1. The molecular weight excluding hydrogens is 288 g/mol. The van der Waals surface area contributed by atoms with Crippen LogP contribution in [0.4, 0.5) is 5.69 Å². The van der Waals surface area contributed by atoms with Gasteiger partial charge in [0.2, 0.25) is 5.91 Å². The van der Waals surface area contributed by atoms with Crippen molar-refractivity contribution in [3.8, 4) is 5.75 Å². The molecule has 3 rings (SSSR count). The predicted molar refractivity (Wildman–Crippen MR) is 92.7 cm³/mol.